The van der Waals surface area contributed by atoms with Gasteiger partial charge < -0.3 is 14.6 Å². The van der Waals surface area contributed by atoms with Gasteiger partial charge in [0.05, 0.1) is 36.4 Å². The summed E-state index contributed by atoms with van der Waals surface area (Å²) in [7, 11) is 0. The van der Waals surface area contributed by atoms with Crippen LogP contribution in [0.1, 0.15) is 39.2 Å². The standard InChI is InChI=1S/C22H28N2O4/c1-21(2,3)28-20(25)24-17-11-22(26,12-18(24)14-27-13-17)10-16-7-4-6-15-8-5-9-23-19(15)16/h4-9,17-18,26H,10-14H2,1-3H3. The number of para-hydroxylation sites is 1. The van der Waals surface area contributed by atoms with Gasteiger partial charge in [0.2, 0.25) is 0 Å². The molecule has 6 heteroatoms. The maximum Gasteiger partial charge on any atom is 0.410 e. The molecule has 2 unspecified atom stereocenters. The van der Waals surface area contributed by atoms with Crippen LogP contribution in [0.5, 0.6) is 0 Å². The van der Waals surface area contributed by atoms with Crippen LogP contribution in [-0.4, -0.2) is 57.6 Å². The fourth-order valence-electron chi connectivity index (χ4n) is 4.50. The van der Waals surface area contributed by atoms with Crippen molar-refractivity contribution in [2.45, 2.75) is 63.3 Å². The molecule has 0 radical (unpaired) electrons. The topological polar surface area (TPSA) is 71.9 Å². The number of benzene rings is 1. The number of nitrogens with zero attached hydrogens (tertiary/aromatic N) is 2. The minimum Gasteiger partial charge on any atom is -0.444 e. The van der Waals surface area contributed by atoms with E-state index in [4.69, 9.17) is 9.47 Å². The first-order valence-electron chi connectivity index (χ1n) is 9.88. The van der Waals surface area contributed by atoms with Crippen molar-refractivity contribution >= 4 is 17.0 Å². The Balaban J connectivity index is 1.57. The monoisotopic (exact) mass is 384 g/mol. The van der Waals surface area contributed by atoms with Gasteiger partial charge in [-0.25, -0.2) is 4.79 Å². The van der Waals surface area contributed by atoms with Gasteiger partial charge >= 0.3 is 6.09 Å². The predicted octanol–water partition coefficient (Wildman–Crippen LogP) is 3.31. The predicted molar refractivity (Wildman–Crippen MR) is 106 cm³/mol. The molecule has 2 atom stereocenters. The van der Waals surface area contributed by atoms with Crippen LogP contribution in [-0.2, 0) is 15.9 Å². The summed E-state index contributed by atoms with van der Waals surface area (Å²) in [5, 5.41) is 12.5. The molecule has 6 nitrogen and oxygen atoms in total. The molecule has 2 saturated heterocycles. The zero-order valence-corrected chi connectivity index (χ0v) is 16.7. The summed E-state index contributed by atoms with van der Waals surface area (Å²) in [5.74, 6) is 0. The second-order valence-electron chi connectivity index (χ2n) is 9.03. The lowest BCUT2D eigenvalue weighted by Crippen LogP contribution is -2.64. The van der Waals surface area contributed by atoms with E-state index >= 15 is 0 Å². The molecule has 0 saturated carbocycles. The van der Waals surface area contributed by atoms with Crippen molar-refractivity contribution in [1.82, 2.24) is 9.88 Å². The molecule has 2 bridgehead atoms. The van der Waals surface area contributed by atoms with E-state index in [0.717, 1.165) is 16.5 Å². The first kappa shape index (κ1) is 19.2. The summed E-state index contributed by atoms with van der Waals surface area (Å²) in [4.78, 5) is 19.0. The summed E-state index contributed by atoms with van der Waals surface area (Å²) in [6, 6.07) is 9.64. The largest absolute Gasteiger partial charge is 0.444 e. The maximum atomic E-state index is 12.7. The molecular formula is C22H28N2O4. The van der Waals surface area contributed by atoms with Crippen LogP contribution in [0.15, 0.2) is 36.5 Å². The molecule has 0 spiro atoms. The number of amides is 1. The smallest absolute Gasteiger partial charge is 0.410 e. The van der Waals surface area contributed by atoms with Gasteiger partial charge in [-0.15, -0.1) is 0 Å². The second-order valence-corrected chi connectivity index (χ2v) is 9.03. The molecule has 1 N–H and O–H groups in total. The fourth-order valence-corrected chi connectivity index (χ4v) is 4.50. The van der Waals surface area contributed by atoms with Crippen LogP contribution in [0.25, 0.3) is 10.9 Å². The first-order valence-corrected chi connectivity index (χ1v) is 9.88. The zero-order valence-electron chi connectivity index (χ0n) is 16.7. The summed E-state index contributed by atoms with van der Waals surface area (Å²) in [5.41, 5.74) is 0.512. The lowest BCUT2D eigenvalue weighted by Gasteiger charge is -2.51. The van der Waals surface area contributed by atoms with E-state index in [1.54, 1.807) is 11.1 Å². The van der Waals surface area contributed by atoms with Gasteiger partial charge in [-0.05, 0) is 45.2 Å². The lowest BCUT2D eigenvalue weighted by molar-refractivity contribution is -0.137. The van der Waals surface area contributed by atoms with Crippen molar-refractivity contribution in [2.75, 3.05) is 13.2 Å². The average molecular weight is 384 g/mol. The number of rotatable bonds is 2. The highest BCUT2D eigenvalue weighted by Crippen LogP contribution is 2.38. The molecule has 2 aromatic rings. The molecule has 150 valence electrons. The first-order chi connectivity index (χ1) is 13.2. The third-order valence-electron chi connectivity index (χ3n) is 5.48. The number of fused-ring (bicyclic) bond motifs is 3. The van der Waals surface area contributed by atoms with Crippen LogP contribution >= 0.6 is 0 Å². The number of piperidine rings is 1. The minimum atomic E-state index is -0.899. The van der Waals surface area contributed by atoms with Crippen molar-refractivity contribution in [3.8, 4) is 0 Å². The molecule has 2 aliphatic rings. The Kier molecular flexibility index (Phi) is 4.79. The highest BCUT2D eigenvalue weighted by atomic mass is 16.6. The van der Waals surface area contributed by atoms with Crippen LogP contribution < -0.4 is 0 Å². The van der Waals surface area contributed by atoms with Gasteiger partial charge in [0.1, 0.15) is 5.60 Å². The van der Waals surface area contributed by atoms with E-state index in [9.17, 15) is 9.90 Å². The third kappa shape index (κ3) is 3.84. The van der Waals surface area contributed by atoms with E-state index in [1.807, 2.05) is 51.1 Å². The fraction of sp³-hybridized carbons (Fsp3) is 0.545. The van der Waals surface area contributed by atoms with Gasteiger partial charge in [-0.2, -0.15) is 0 Å². The highest BCUT2D eigenvalue weighted by Gasteiger charge is 2.49. The molecular weight excluding hydrogens is 356 g/mol. The zero-order chi connectivity index (χ0) is 19.9. The SMILES string of the molecule is CC(C)(C)OC(=O)N1C2COCC1CC(O)(Cc1cccc3cccnc13)C2. The number of ether oxygens (including phenoxy) is 2. The Morgan fingerprint density at radius 3 is 2.61 bits per heavy atom. The summed E-state index contributed by atoms with van der Waals surface area (Å²) < 4.78 is 11.3. The van der Waals surface area contributed by atoms with Gasteiger partial charge in [0.15, 0.2) is 0 Å². The molecule has 1 aromatic carbocycles. The third-order valence-corrected chi connectivity index (χ3v) is 5.48. The van der Waals surface area contributed by atoms with Gasteiger partial charge in [0, 0.05) is 18.0 Å². The Bertz CT molecular complexity index is 857. The number of morpholine rings is 1. The average Bonchev–Trinajstić information content (AvgIpc) is 2.59. The van der Waals surface area contributed by atoms with Gasteiger partial charge in [0.25, 0.3) is 0 Å². The Morgan fingerprint density at radius 2 is 1.93 bits per heavy atom. The van der Waals surface area contributed by atoms with Crippen LogP contribution in [0.2, 0.25) is 0 Å². The lowest BCUT2D eigenvalue weighted by atomic mass is 9.77. The van der Waals surface area contributed by atoms with Crippen molar-refractivity contribution in [2.24, 2.45) is 0 Å². The van der Waals surface area contributed by atoms with Gasteiger partial charge in [-0.1, -0.05) is 24.3 Å². The molecule has 2 fully saturated rings. The number of hydrogen-bond donors (Lipinski definition) is 1. The molecule has 0 aliphatic carbocycles. The maximum absolute atomic E-state index is 12.7. The highest BCUT2D eigenvalue weighted by molar-refractivity contribution is 5.81. The number of carbonyl (C=O) groups excluding carboxylic acids is 1. The molecule has 1 aromatic heterocycles. The summed E-state index contributed by atoms with van der Waals surface area (Å²) in [6.07, 6.45) is 2.90. The number of carbonyl (C=O) groups is 1. The minimum absolute atomic E-state index is 0.185. The van der Waals surface area contributed by atoms with E-state index in [0.29, 0.717) is 32.5 Å². The molecule has 28 heavy (non-hydrogen) atoms. The van der Waals surface area contributed by atoms with Crippen LogP contribution in [0.4, 0.5) is 4.79 Å². The Morgan fingerprint density at radius 1 is 1.25 bits per heavy atom. The Labute approximate surface area is 165 Å². The summed E-state index contributed by atoms with van der Waals surface area (Å²) in [6.45, 7) is 6.44. The second kappa shape index (κ2) is 7.01. The normalized spacial score (nSPS) is 27.6. The number of aromatic nitrogens is 1. The van der Waals surface area contributed by atoms with Crippen molar-refractivity contribution < 1.29 is 19.4 Å². The van der Waals surface area contributed by atoms with Crippen molar-refractivity contribution in [1.29, 1.82) is 0 Å². The van der Waals surface area contributed by atoms with E-state index in [2.05, 4.69) is 4.98 Å². The Hall–Kier alpha value is -2.18. The molecule has 3 heterocycles. The van der Waals surface area contributed by atoms with E-state index in [1.165, 1.54) is 0 Å². The number of aliphatic hydroxyl groups is 1. The molecule has 2 aliphatic heterocycles. The van der Waals surface area contributed by atoms with E-state index in [-0.39, 0.29) is 18.2 Å². The van der Waals surface area contributed by atoms with Gasteiger partial charge in [-0.3, -0.25) is 9.88 Å². The van der Waals surface area contributed by atoms with E-state index < -0.39 is 11.2 Å². The quantitative estimate of drug-likeness (QED) is 0.860. The van der Waals surface area contributed by atoms with Crippen LogP contribution in [0, 0.1) is 0 Å². The van der Waals surface area contributed by atoms with Crippen molar-refractivity contribution in [3.05, 3.63) is 42.1 Å². The molecule has 1 amide bonds. The van der Waals surface area contributed by atoms with Crippen molar-refractivity contribution in [3.63, 3.8) is 0 Å². The number of hydrogen-bond acceptors (Lipinski definition) is 5. The number of pyridine rings is 1. The van der Waals surface area contributed by atoms with Crippen LogP contribution in [0.3, 0.4) is 0 Å². The molecule has 4 rings (SSSR count). The summed E-state index contributed by atoms with van der Waals surface area (Å²) >= 11 is 0.